The van der Waals surface area contributed by atoms with Gasteiger partial charge < -0.3 is 9.84 Å². The Bertz CT molecular complexity index is 5160. The Labute approximate surface area is 508 Å². The van der Waals surface area contributed by atoms with Crippen LogP contribution in [0.15, 0.2) is 171 Å². The molecule has 37 heteroatoms. The van der Waals surface area contributed by atoms with Crippen molar-refractivity contribution < 1.29 is 87.0 Å². The van der Waals surface area contributed by atoms with E-state index in [1.165, 1.54) is 47.3 Å². The molecule has 5 N–H and O–H groups in total. The number of rotatable bonds is 17. The number of aryl methyl sites for hydroxylation is 5. The predicted octanol–water partition coefficient (Wildman–Crippen LogP) is 11.0. The molecule has 0 aliphatic heterocycles. The molecule has 9 rings (SSSR count). The number of aromatic nitrogens is 3. The van der Waals surface area contributed by atoms with Gasteiger partial charge in [0.2, 0.25) is 0 Å². The lowest BCUT2D eigenvalue weighted by Gasteiger charge is -2.11. The quantitative estimate of drug-likeness (QED) is 0.0321. The van der Waals surface area contributed by atoms with E-state index in [9.17, 15) is 57.0 Å². The molecule has 0 saturated heterocycles. The minimum absolute atomic E-state index is 0.00850. The van der Waals surface area contributed by atoms with Gasteiger partial charge in [0.05, 0.1) is 51.4 Å². The molecule has 89 heavy (non-hydrogen) atoms. The van der Waals surface area contributed by atoms with Crippen LogP contribution in [0.3, 0.4) is 0 Å². The lowest BCUT2D eigenvalue weighted by atomic mass is 10.1. The van der Waals surface area contributed by atoms with Crippen molar-refractivity contribution >= 4 is 140 Å². The smallest absolute Gasteiger partial charge is 0.425 e. The van der Waals surface area contributed by atoms with Crippen molar-refractivity contribution in [3.05, 3.63) is 143 Å². The van der Waals surface area contributed by atoms with Crippen molar-refractivity contribution in [1.29, 1.82) is 0 Å². The van der Waals surface area contributed by atoms with Crippen molar-refractivity contribution in [2.45, 2.75) is 55.7 Å². The maximum Gasteiger partial charge on any atom is 0.425 e. The normalized spacial score (nSPS) is 12.3. The van der Waals surface area contributed by atoms with Gasteiger partial charge in [-0.2, -0.15) is 64.0 Å². The molecule has 0 spiro atoms. The number of benzene rings is 8. The van der Waals surface area contributed by atoms with Gasteiger partial charge in [0.1, 0.15) is 43.6 Å². The number of hydrogen-bond donors (Lipinski definition) is 5. The summed E-state index contributed by atoms with van der Waals surface area (Å²) >= 11 is 0. The maximum absolute atomic E-state index is 12.2. The minimum Gasteiger partial charge on any atom is -0.505 e. The largest absolute Gasteiger partial charge is 0.505 e. The van der Waals surface area contributed by atoms with Gasteiger partial charge in [-0.25, -0.2) is 0 Å². The molecule has 9 aromatic rings. The summed E-state index contributed by atoms with van der Waals surface area (Å²) in [4.78, 5) is -0.726. The van der Waals surface area contributed by atoms with Crippen LogP contribution in [0.5, 0.6) is 11.5 Å². The van der Waals surface area contributed by atoms with Gasteiger partial charge in [-0.1, -0.05) is 24.3 Å². The summed E-state index contributed by atoms with van der Waals surface area (Å²) in [6, 6.07) is 28.3. The van der Waals surface area contributed by atoms with Gasteiger partial charge in [0, 0.05) is 22.2 Å². The lowest BCUT2D eigenvalue weighted by Crippen LogP contribution is -2.08. The fourth-order valence-corrected chi connectivity index (χ4v) is 10.8. The molecule has 0 aliphatic rings. The molecular formula is C52H45N11O20S6. The van der Waals surface area contributed by atoms with Gasteiger partial charge >= 0.3 is 21.2 Å². The van der Waals surface area contributed by atoms with Crippen molar-refractivity contribution in [2.75, 3.05) is 12.4 Å². The van der Waals surface area contributed by atoms with Crippen molar-refractivity contribution in [3.63, 3.8) is 0 Å². The number of azo groups is 4. The van der Waals surface area contributed by atoms with Crippen LogP contribution in [0.4, 0.5) is 45.5 Å². The van der Waals surface area contributed by atoms with E-state index in [4.69, 9.17) is 30.0 Å². The molecule has 0 radical (unpaired) electrons. The Hall–Kier alpha value is -9.44. The summed E-state index contributed by atoms with van der Waals surface area (Å²) in [7, 11) is -24.9. The molecular weight excluding hydrogens is 1290 g/mol. The molecule has 31 nitrogen and oxygen atoms in total. The van der Waals surface area contributed by atoms with Crippen LogP contribution in [0.25, 0.3) is 38.3 Å². The van der Waals surface area contributed by atoms with Gasteiger partial charge in [-0.05, 0) is 159 Å². The first-order chi connectivity index (χ1) is 41.6. The molecule has 0 saturated carbocycles. The molecule has 0 bridgehead atoms. The van der Waals surface area contributed by atoms with Crippen LogP contribution >= 0.6 is 0 Å². The first-order valence-corrected chi connectivity index (χ1v) is 32.8. The summed E-state index contributed by atoms with van der Waals surface area (Å²) in [6.07, 6.45) is -0.0607. The van der Waals surface area contributed by atoms with E-state index in [0.717, 1.165) is 11.6 Å². The van der Waals surface area contributed by atoms with Crippen LogP contribution in [-0.2, 0) is 61.7 Å². The second-order valence-electron chi connectivity index (χ2n) is 18.8. The van der Waals surface area contributed by atoms with Gasteiger partial charge in [-0.15, -0.1) is 50.8 Å². The van der Waals surface area contributed by atoms with E-state index >= 15 is 0 Å². The highest BCUT2D eigenvalue weighted by molar-refractivity contribution is 7.87. The summed E-state index contributed by atoms with van der Waals surface area (Å²) in [5, 5.41) is 56.2. The zero-order chi connectivity index (χ0) is 65.5. The van der Waals surface area contributed by atoms with Crippen molar-refractivity contribution in [2.24, 2.45) is 40.9 Å². The first kappa shape index (κ1) is 67.1. The third kappa shape index (κ3) is 17.4. The van der Waals surface area contributed by atoms with Gasteiger partial charge in [0.15, 0.2) is 5.75 Å². The Kier molecular flexibility index (Phi) is 20.6. The average Bonchev–Trinajstić information content (AvgIpc) is 1.76. The van der Waals surface area contributed by atoms with Crippen molar-refractivity contribution in [1.82, 2.24) is 15.0 Å². The standard InChI is InChI=1S/C52H45N11O14S4.2O3S/c1-28-20-43(56-57-44-21-31(4)45(22-30(44)3)58-60-47-23-32(5)46(27-48(47)77-17-8-18-78(65,66)67)59-53-39-9-6-7-10-49(39)80(71,72)73)29(2)19-42(28)55-54-41-15-11-33-24-34(12-13-36(33)52(41)64)63-61-40-16-14-37-38(51(40)62-63)25-35(79(68,69)70)26-50(37)81(74,75)76;2*1-4(2)3/h6-7,9-16,19-27,64H,8,17-18H2,1-5H3,(H,65,66,67)(H,68,69,70)(H,71,72,73)(H,74,75,76);;. The second kappa shape index (κ2) is 27.3. The third-order valence-corrected chi connectivity index (χ3v) is 15.9. The van der Waals surface area contributed by atoms with Gasteiger partial charge in [-0.3, -0.25) is 18.2 Å². The van der Waals surface area contributed by atoms with E-state index in [1.54, 1.807) is 67.6 Å². The van der Waals surface area contributed by atoms with E-state index < -0.39 is 82.1 Å². The molecule has 1 heterocycles. The van der Waals surface area contributed by atoms with E-state index in [-0.39, 0.29) is 69.1 Å². The number of hydrogen-bond acceptors (Lipinski definition) is 26. The Morgan fingerprint density at radius 1 is 0.461 bits per heavy atom. The first-order valence-electron chi connectivity index (χ1n) is 24.8. The summed E-state index contributed by atoms with van der Waals surface area (Å²) in [6.45, 7) is 8.84. The monoisotopic (exact) mass is 1340 g/mol. The molecule has 8 aromatic carbocycles. The average molecular weight is 1340 g/mol. The summed E-state index contributed by atoms with van der Waals surface area (Å²) < 4.78 is 190. The second-order valence-corrected chi connectivity index (χ2v) is 25.4. The summed E-state index contributed by atoms with van der Waals surface area (Å²) in [5.74, 6) is -0.590. The molecule has 464 valence electrons. The lowest BCUT2D eigenvalue weighted by molar-refractivity contribution is 0.317. The molecule has 0 unspecified atom stereocenters. The Balaban J connectivity index is 0.00000133. The van der Waals surface area contributed by atoms with E-state index in [0.29, 0.717) is 67.5 Å². The van der Waals surface area contributed by atoms with Crippen LogP contribution in [0.2, 0.25) is 0 Å². The molecule has 0 aliphatic carbocycles. The molecule has 0 amide bonds. The highest BCUT2D eigenvalue weighted by atomic mass is 32.2. The fourth-order valence-electron chi connectivity index (χ4n) is 8.30. The van der Waals surface area contributed by atoms with E-state index in [2.05, 4.69) is 51.1 Å². The fraction of sp³-hybridized carbons (Fsp3) is 0.154. The summed E-state index contributed by atoms with van der Waals surface area (Å²) in [5.41, 5.74) is 6.71. The number of phenolic OH excluding ortho intramolecular Hbond substituents is 1. The van der Waals surface area contributed by atoms with Crippen LogP contribution in [0.1, 0.15) is 34.2 Å². The SMILES string of the molecule is Cc1cc(N=Nc2cc(C)c(N=Nc3ccccc3S(=O)(=O)O)cc2OCCCS(=O)(=O)O)c(C)cc1N=Nc1cc(C)c(N=Nc2ccc3cc(-n4nc5ccc6c(S(=O)(=O)O)cc(S(=O)(=O)O)cc6c5n4)ccc3c2O)cc1C.O=S(=O)=O.O=S(=O)=O. The number of aromatic hydroxyl groups is 1. The topological polar surface area (TPSA) is 479 Å². The van der Waals surface area contributed by atoms with Crippen LogP contribution in [-0.4, -0.2) is 110 Å². The zero-order valence-electron chi connectivity index (χ0n) is 46.3. The Morgan fingerprint density at radius 3 is 1.43 bits per heavy atom. The third-order valence-electron chi connectivity index (χ3n) is 12.5. The molecule has 0 atom stereocenters. The van der Waals surface area contributed by atoms with Gasteiger partial charge in [0.25, 0.3) is 40.5 Å². The number of ether oxygens (including phenoxy) is 1. The number of phenols is 1. The number of nitrogens with zero attached hydrogens (tertiary/aromatic N) is 11. The zero-order valence-corrected chi connectivity index (χ0v) is 51.2. The maximum atomic E-state index is 12.2. The molecule has 1 aromatic heterocycles. The number of fused-ring (bicyclic) bond motifs is 4. The van der Waals surface area contributed by atoms with Crippen molar-refractivity contribution in [3.8, 4) is 17.2 Å². The van der Waals surface area contributed by atoms with E-state index in [1.807, 2.05) is 27.7 Å². The minimum atomic E-state index is -4.93. The Morgan fingerprint density at radius 2 is 0.921 bits per heavy atom. The van der Waals surface area contributed by atoms with Crippen LogP contribution < -0.4 is 4.74 Å². The highest BCUT2D eigenvalue weighted by Crippen LogP contribution is 2.41. The highest BCUT2D eigenvalue weighted by Gasteiger charge is 2.24. The predicted molar refractivity (Wildman–Crippen MR) is 317 cm³/mol. The molecule has 0 fully saturated rings. The van der Waals surface area contributed by atoms with Crippen LogP contribution in [0, 0.1) is 34.6 Å².